The number of aromatic hydroxyl groups is 1. The summed E-state index contributed by atoms with van der Waals surface area (Å²) in [7, 11) is 0. The Labute approximate surface area is 148 Å². The van der Waals surface area contributed by atoms with E-state index in [1.807, 2.05) is 31.2 Å². The fourth-order valence-electron chi connectivity index (χ4n) is 2.20. The predicted molar refractivity (Wildman–Crippen MR) is 97.4 cm³/mol. The van der Waals surface area contributed by atoms with Crippen LogP contribution in [0.2, 0.25) is 0 Å². The van der Waals surface area contributed by atoms with Crippen LogP contribution in [0.4, 0.5) is 0 Å². The summed E-state index contributed by atoms with van der Waals surface area (Å²) in [5.41, 5.74) is 2.07. The Morgan fingerprint density at radius 1 is 1.25 bits per heavy atom. The van der Waals surface area contributed by atoms with Crippen molar-refractivity contribution in [3.05, 3.63) is 41.7 Å². The van der Waals surface area contributed by atoms with Crippen molar-refractivity contribution in [2.45, 2.75) is 26.7 Å². The lowest BCUT2D eigenvalue weighted by atomic mass is 10.0. The highest BCUT2D eigenvalue weighted by atomic mass is 35.5. The molecule has 1 aromatic carbocycles. The zero-order valence-electron chi connectivity index (χ0n) is 14.2. The summed E-state index contributed by atoms with van der Waals surface area (Å²) in [6, 6.07) is 7.90. The lowest BCUT2D eigenvalue weighted by molar-refractivity contribution is 0.0946. The zero-order valence-corrected chi connectivity index (χ0v) is 15.1. The van der Waals surface area contributed by atoms with E-state index in [2.05, 4.69) is 29.6 Å². The summed E-state index contributed by atoms with van der Waals surface area (Å²) in [4.78, 5) is 12.0. The van der Waals surface area contributed by atoms with Gasteiger partial charge in [0.2, 0.25) is 0 Å². The normalized spacial score (nSPS) is 10.5. The summed E-state index contributed by atoms with van der Waals surface area (Å²) >= 11 is 0. The summed E-state index contributed by atoms with van der Waals surface area (Å²) in [5, 5.41) is 20.0. The molecule has 0 saturated carbocycles. The molecule has 6 nitrogen and oxygen atoms in total. The third-order valence-electron chi connectivity index (χ3n) is 3.57. The van der Waals surface area contributed by atoms with Crippen LogP contribution in [0.5, 0.6) is 5.75 Å². The summed E-state index contributed by atoms with van der Waals surface area (Å²) in [6.45, 7) is 8.28. The van der Waals surface area contributed by atoms with E-state index in [1.165, 1.54) is 16.4 Å². The second-order valence-corrected chi connectivity index (χ2v) is 5.66. The van der Waals surface area contributed by atoms with E-state index < -0.39 is 0 Å². The molecule has 2 rings (SSSR count). The molecule has 3 N–H and O–H groups in total. The lowest BCUT2D eigenvalue weighted by Gasteiger charge is -2.06. The second kappa shape index (κ2) is 9.30. The molecule has 0 bridgehead atoms. The van der Waals surface area contributed by atoms with Gasteiger partial charge in [-0.3, -0.25) is 4.79 Å². The van der Waals surface area contributed by atoms with E-state index in [4.69, 9.17) is 0 Å². The molecule has 0 spiro atoms. The molecule has 1 heterocycles. The molecule has 2 aromatic rings. The monoisotopic (exact) mass is 352 g/mol. The molecule has 0 aliphatic rings. The Morgan fingerprint density at radius 2 is 1.92 bits per heavy atom. The number of halogens is 1. The number of aromatic nitrogens is 2. The molecule has 0 aliphatic heterocycles. The Morgan fingerprint density at radius 3 is 2.50 bits per heavy atom. The molecule has 24 heavy (non-hydrogen) atoms. The predicted octanol–water partition coefficient (Wildman–Crippen LogP) is 2.46. The molecule has 0 atom stereocenters. The molecule has 1 aromatic heterocycles. The van der Waals surface area contributed by atoms with Crippen LogP contribution in [-0.4, -0.2) is 40.4 Å². The molecule has 0 aliphatic carbocycles. The van der Waals surface area contributed by atoms with E-state index in [-0.39, 0.29) is 29.8 Å². The second-order valence-electron chi connectivity index (χ2n) is 5.66. The van der Waals surface area contributed by atoms with Gasteiger partial charge in [0.05, 0.1) is 11.9 Å². The average molecular weight is 353 g/mol. The van der Waals surface area contributed by atoms with E-state index in [0.717, 1.165) is 12.2 Å². The van der Waals surface area contributed by atoms with Crippen LogP contribution in [0, 0.1) is 0 Å². The van der Waals surface area contributed by atoms with Gasteiger partial charge in [-0.05, 0) is 30.2 Å². The van der Waals surface area contributed by atoms with Crippen molar-refractivity contribution in [1.82, 2.24) is 20.4 Å². The van der Waals surface area contributed by atoms with Gasteiger partial charge in [-0.2, -0.15) is 5.10 Å². The van der Waals surface area contributed by atoms with Crippen LogP contribution >= 0.6 is 12.4 Å². The first kappa shape index (κ1) is 20.0. The van der Waals surface area contributed by atoms with Gasteiger partial charge >= 0.3 is 0 Å². The number of benzene rings is 1. The van der Waals surface area contributed by atoms with Crippen LogP contribution in [0.3, 0.4) is 0 Å². The first-order valence-electron chi connectivity index (χ1n) is 7.90. The van der Waals surface area contributed by atoms with Gasteiger partial charge in [0, 0.05) is 13.1 Å². The third kappa shape index (κ3) is 4.97. The molecular weight excluding hydrogens is 328 g/mol. The molecular formula is C17H25ClN4O2. The van der Waals surface area contributed by atoms with Crippen LogP contribution in [-0.2, 0) is 0 Å². The van der Waals surface area contributed by atoms with Crippen molar-refractivity contribution in [3.8, 4) is 11.4 Å². The maximum absolute atomic E-state index is 12.0. The fraction of sp³-hybridized carbons (Fsp3) is 0.412. The first-order chi connectivity index (χ1) is 11.0. The van der Waals surface area contributed by atoms with Gasteiger partial charge < -0.3 is 15.7 Å². The van der Waals surface area contributed by atoms with Crippen LogP contribution in [0.1, 0.15) is 42.7 Å². The smallest absolute Gasteiger partial charge is 0.275 e. The van der Waals surface area contributed by atoms with Crippen LogP contribution < -0.4 is 10.6 Å². The van der Waals surface area contributed by atoms with Crippen molar-refractivity contribution in [1.29, 1.82) is 0 Å². The van der Waals surface area contributed by atoms with Gasteiger partial charge in [-0.15, -0.1) is 12.4 Å². The number of amides is 1. The topological polar surface area (TPSA) is 79.2 Å². The van der Waals surface area contributed by atoms with E-state index in [0.29, 0.717) is 19.0 Å². The van der Waals surface area contributed by atoms with Crippen LogP contribution in [0.25, 0.3) is 5.69 Å². The third-order valence-corrected chi connectivity index (χ3v) is 3.57. The minimum atomic E-state index is -0.377. The highest BCUT2D eigenvalue weighted by Gasteiger charge is 2.16. The van der Waals surface area contributed by atoms with Crippen molar-refractivity contribution in [3.63, 3.8) is 0 Å². The van der Waals surface area contributed by atoms with Gasteiger partial charge in [-0.1, -0.05) is 32.9 Å². The molecule has 0 fully saturated rings. The van der Waals surface area contributed by atoms with Crippen molar-refractivity contribution >= 4 is 18.3 Å². The number of carbonyl (C=O) groups excluding carboxylic acids is 1. The zero-order chi connectivity index (χ0) is 16.8. The molecule has 0 unspecified atom stereocenters. The molecule has 0 radical (unpaired) electrons. The minimum Gasteiger partial charge on any atom is -0.504 e. The molecule has 132 valence electrons. The average Bonchev–Trinajstić information content (AvgIpc) is 2.93. The number of likely N-dealkylation sites (N-methyl/N-ethyl adjacent to an activating group) is 1. The highest BCUT2D eigenvalue weighted by molar-refractivity contribution is 5.94. The summed E-state index contributed by atoms with van der Waals surface area (Å²) in [5.74, 6) is -0.0509. The summed E-state index contributed by atoms with van der Waals surface area (Å²) in [6.07, 6.45) is 1.45. The quantitative estimate of drug-likeness (QED) is 0.669. The van der Waals surface area contributed by atoms with Gasteiger partial charge in [-0.25, -0.2) is 4.68 Å². The molecule has 1 amide bonds. The Bertz CT molecular complexity index is 653. The fourth-order valence-corrected chi connectivity index (χ4v) is 2.20. The minimum absolute atomic E-state index is 0. The van der Waals surface area contributed by atoms with Crippen molar-refractivity contribution in [2.75, 3.05) is 19.6 Å². The van der Waals surface area contributed by atoms with E-state index in [1.54, 1.807) is 0 Å². The lowest BCUT2D eigenvalue weighted by Crippen LogP contribution is -2.32. The van der Waals surface area contributed by atoms with Gasteiger partial charge in [0.1, 0.15) is 0 Å². The van der Waals surface area contributed by atoms with Crippen molar-refractivity contribution < 1.29 is 9.90 Å². The maximum Gasteiger partial charge on any atom is 0.275 e. The molecule has 0 saturated heterocycles. The number of nitrogens with one attached hydrogen (secondary N) is 2. The Hall–Kier alpha value is -2.05. The largest absolute Gasteiger partial charge is 0.504 e. The molecule has 7 heteroatoms. The maximum atomic E-state index is 12.0. The number of carbonyl (C=O) groups is 1. The van der Waals surface area contributed by atoms with E-state index >= 15 is 0 Å². The highest BCUT2D eigenvalue weighted by Crippen LogP contribution is 2.20. The van der Waals surface area contributed by atoms with E-state index in [9.17, 15) is 9.90 Å². The Kier molecular flexibility index (Phi) is 7.74. The van der Waals surface area contributed by atoms with Crippen LogP contribution in [0.15, 0.2) is 30.5 Å². The van der Waals surface area contributed by atoms with Gasteiger partial charge in [0.15, 0.2) is 11.4 Å². The SMILES string of the molecule is CCNCCNC(=O)c1nn(-c2ccc(C(C)C)cc2)cc1O.Cl. The summed E-state index contributed by atoms with van der Waals surface area (Å²) < 4.78 is 1.51. The first-order valence-corrected chi connectivity index (χ1v) is 7.90. The van der Waals surface area contributed by atoms with Crippen molar-refractivity contribution in [2.24, 2.45) is 0 Å². The number of hydrogen-bond donors (Lipinski definition) is 3. The number of nitrogens with zero attached hydrogens (tertiary/aromatic N) is 2. The number of hydrogen-bond acceptors (Lipinski definition) is 4. The standard InChI is InChI=1S/C17H24N4O2.ClH/c1-4-18-9-10-19-17(23)16-15(22)11-21(20-16)14-7-5-13(6-8-14)12(2)3;/h5-8,11-12,18,22H,4,9-10H2,1-3H3,(H,19,23);1H. The Balaban J connectivity index is 0.00000288. The van der Waals surface area contributed by atoms with Gasteiger partial charge in [0.25, 0.3) is 5.91 Å². The number of rotatable bonds is 7.